The van der Waals surface area contributed by atoms with Crippen LogP contribution in [0.25, 0.3) is 0 Å². The van der Waals surface area contributed by atoms with Crippen LogP contribution in [-0.2, 0) is 9.59 Å². The quantitative estimate of drug-likeness (QED) is 0.515. The van der Waals surface area contributed by atoms with Gasteiger partial charge in [0.05, 0.1) is 13.1 Å². The SMILES string of the molecule is CC(=O)C[C@@H]1[C@]2([N+](=O)[O-])C=CC(=O)[C@@]1([N+](=O)[O-])CN(C)C2. The van der Waals surface area contributed by atoms with E-state index in [1.165, 1.54) is 18.9 Å². The number of ketones is 2. The Balaban J connectivity index is 2.71. The molecule has 1 saturated heterocycles. The Hall–Kier alpha value is -2.16. The van der Waals surface area contributed by atoms with Crippen molar-refractivity contribution in [2.24, 2.45) is 5.92 Å². The molecule has 1 heterocycles. The zero-order chi connectivity index (χ0) is 16.0. The summed E-state index contributed by atoms with van der Waals surface area (Å²) in [6.45, 7) is 0.900. The summed E-state index contributed by atoms with van der Waals surface area (Å²) in [6, 6.07) is 0. The molecule has 0 unspecified atom stereocenters. The van der Waals surface area contributed by atoms with Gasteiger partial charge in [-0.1, -0.05) is 0 Å². The molecule has 21 heavy (non-hydrogen) atoms. The Kier molecular flexibility index (Phi) is 3.40. The lowest BCUT2D eigenvalue weighted by Crippen LogP contribution is -2.74. The zero-order valence-corrected chi connectivity index (χ0v) is 11.6. The van der Waals surface area contributed by atoms with Crippen LogP contribution in [0.15, 0.2) is 12.2 Å². The number of carbonyl (C=O) groups is 2. The Labute approximate surface area is 119 Å². The van der Waals surface area contributed by atoms with E-state index in [1.807, 2.05) is 0 Å². The van der Waals surface area contributed by atoms with Crippen LogP contribution in [0.2, 0.25) is 0 Å². The van der Waals surface area contributed by atoms with Gasteiger partial charge in [0, 0.05) is 16.3 Å². The summed E-state index contributed by atoms with van der Waals surface area (Å²) >= 11 is 0. The molecule has 2 aliphatic rings. The average molecular weight is 297 g/mol. The van der Waals surface area contributed by atoms with Crippen molar-refractivity contribution < 1.29 is 19.4 Å². The van der Waals surface area contributed by atoms with E-state index in [0.717, 1.165) is 12.2 Å². The van der Waals surface area contributed by atoms with Gasteiger partial charge in [-0.05, 0) is 26.1 Å². The summed E-state index contributed by atoms with van der Waals surface area (Å²) in [5.74, 6) is -2.48. The maximum Gasteiger partial charge on any atom is 0.305 e. The molecule has 0 aromatic rings. The normalized spacial score (nSPS) is 35.5. The second-order valence-corrected chi connectivity index (χ2v) is 5.76. The minimum absolute atomic E-state index is 0.0721. The highest BCUT2D eigenvalue weighted by Crippen LogP contribution is 2.45. The molecule has 9 heteroatoms. The Morgan fingerprint density at radius 3 is 2.48 bits per heavy atom. The van der Waals surface area contributed by atoms with Crippen LogP contribution >= 0.6 is 0 Å². The molecule has 2 rings (SSSR count). The lowest BCUT2D eigenvalue weighted by Gasteiger charge is -2.47. The topological polar surface area (TPSA) is 124 Å². The molecule has 1 aliphatic heterocycles. The average Bonchev–Trinajstić information content (AvgIpc) is 2.35. The van der Waals surface area contributed by atoms with Crippen LogP contribution in [0.5, 0.6) is 0 Å². The number of hydrogen-bond acceptors (Lipinski definition) is 7. The fourth-order valence-electron chi connectivity index (χ4n) is 3.47. The Morgan fingerprint density at radius 1 is 1.38 bits per heavy atom. The number of likely N-dealkylation sites (tertiary alicyclic amines) is 1. The lowest BCUT2D eigenvalue weighted by atomic mass is 9.61. The first kappa shape index (κ1) is 15.2. The second kappa shape index (κ2) is 4.69. The maximum absolute atomic E-state index is 12.2. The van der Waals surface area contributed by atoms with E-state index < -0.39 is 38.4 Å². The van der Waals surface area contributed by atoms with Gasteiger partial charge in [0.25, 0.3) is 5.54 Å². The minimum atomic E-state index is -2.14. The number of piperidine rings is 1. The number of carbonyl (C=O) groups excluding carboxylic acids is 2. The first-order valence-electron chi connectivity index (χ1n) is 6.37. The third-order valence-corrected chi connectivity index (χ3v) is 4.32. The third-order valence-electron chi connectivity index (χ3n) is 4.32. The molecule has 114 valence electrons. The molecule has 0 N–H and O–H groups in total. The molecular weight excluding hydrogens is 282 g/mol. The van der Waals surface area contributed by atoms with Gasteiger partial charge in [-0.25, -0.2) is 0 Å². The van der Waals surface area contributed by atoms with Gasteiger partial charge in [-0.2, -0.15) is 0 Å². The number of nitro groups is 2. The molecule has 0 radical (unpaired) electrons. The van der Waals surface area contributed by atoms with Gasteiger partial charge in [-0.3, -0.25) is 29.9 Å². The Morgan fingerprint density at radius 2 is 2.00 bits per heavy atom. The number of rotatable bonds is 4. The van der Waals surface area contributed by atoms with Crippen molar-refractivity contribution in [3.8, 4) is 0 Å². The molecule has 0 aromatic heterocycles. The van der Waals surface area contributed by atoms with Crippen LogP contribution in [-0.4, -0.2) is 57.5 Å². The van der Waals surface area contributed by atoms with Crippen molar-refractivity contribution in [1.29, 1.82) is 0 Å². The van der Waals surface area contributed by atoms with E-state index in [9.17, 15) is 29.8 Å². The third kappa shape index (κ3) is 1.96. The van der Waals surface area contributed by atoms with Crippen LogP contribution in [0, 0.1) is 26.1 Å². The molecule has 3 atom stereocenters. The molecule has 9 nitrogen and oxygen atoms in total. The number of nitrogens with zero attached hydrogens (tertiary/aromatic N) is 3. The highest BCUT2D eigenvalue weighted by atomic mass is 16.6. The van der Waals surface area contributed by atoms with Gasteiger partial charge < -0.3 is 4.79 Å². The van der Waals surface area contributed by atoms with E-state index >= 15 is 0 Å². The molecule has 0 spiro atoms. The van der Waals surface area contributed by atoms with Crippen molar-refractivity contribution in [3.63, 3.8) is 0 Å². The van der Waals surface area contributed by atoms with E-state index in [1.54, 1.807) is 0 Å². The molecular formula is C12H15N3O6. The van der Waals surface area contributed by atoms with Gasteiger partial charge in [0.2, 0.25) is 5.78 Å². The predicted molar refractivity (Wildman–Crippen MR) is 69.9 cm³/mol. The largest absolute Gasteiger partial charge is 0.305 e. The Bertz CT molecular complexity index is 573. The van der Waals surface area contributed by atoms with Crippen LogP contribution in [0.1, 0.15) is 13.3 Å². The van der Waals surface area contributed by atoms with Gasteiger partial charge in [0.1, 0.15) is 11.7 Å². The molecule has 1 fully saturated rings. The molecule has 0 aromatic carbocycles. The highest BCUT2D eigenvalue weighted by Gasteiger charge is 2.73. The first-order chi connectivity index (χ1) is 9.66. The summed E-state index contributed by atoms with van der Waals surface area (Å²) < 4.78 is 0. The van der Waals surface area contributed by atoms with Crippen molar-refractivity contribution in [2.45, 2.75) is 24.4 Å². The number of hydrogen-bond donors (Lipinski definition) is 0. The molecule has 2 bridgehead atoms. The fraction of sp³-hybridized carbons (Fsp3) is 0.667. The van der Waals surface area contributed by atoms with Crippen molar-refractivity contribution in [3.05, 3.63) is 32.4 Å². The van der Waals surface area contributed by atoms with Crippen LogP contribution in [0.4, 0.5) is 0 Å². The van der Waals surface area contributed by atoms with E-state index in [4.69, 9.17) is 0 Å². The number of likely N-dealkylation sites (N-methyl/N-ethyl adjacent to an activating group) is 1. The van der Waals surface area contributed by atoms with Gasteiger partial charge >= 0.3 is 5.54 Å². The summed E-state index contributed by atoms with van der Waals surface area (Å²) in [4.78, 5) is 46.8. The van der Waals surface area contributed by atoms with Gasteiger partial charge in [0.15, 0.2) is 0 Å². The molecule has 0 saturated carbocycles. The smallest absolute Gasteiger partial charge is 0.300 e. The van der Waals surface area contributed by atoms with Crippen LogP contribution < -0.4 is 0 Å². The lowest BCUT2D eigenvalue weighted by molar-refractivity contribution is -0.623. The highest BCUT2D eigenvalue weighted by molar-refractivity contribution is 5.99. The predicted octanol–water partition coefficient (Wildman–Crippen LogP) is -0.303. The van der Waals surface area contributed by atoms with E-state index in [0.29, 0.717) is 0 Å². The first-order valence-corrected chi connectivity index (χ1v) is 6.37. The zero-order valence-electron chi connectivity index (χ0n) is 11.6. The van der Waals surface area contributed by atoms with Gasteiger partial charge in [-0.15, -0.1) is 0 Å². The monoisotopic (exact) mass is 297 g/mol. The molecule has 0 amide bonds. The summed E-state index contributed by atoms with van der Waals surface area (Å²) in [6.07, 6.45) is 1.67. The summed E-state index contributed by atoms with van der Waals surface area (Å²) in [7, 11) is 1.49. The van der Waals surface area contributed by atoms with Crippen molar-refractivity contribution >= 4 is 11.6 Å². The fourth-order valence-corrected chi connectivity index (χ4v) is 3.47. The second-order valence-electron chi connectivity index (χ2n) is 5.76. The number of fused-ring (bicyclic) bond motifs is 2. The summed E-state index contributed by atoms with van der Waals surface area (Å²) in [5, 5.41) is 23.2. The maximum atomic E-state index is 12.2. The molecule has 1 aliphatic carbocycles. The van der Waals surface area contributed by atoms with Crippen molar-refractivity contribution in [2.75, 3.05) is 20.1 Å². The van der Waals surface area contributed by atoms with E-state index in [-0.39, 0.29) is 19.5 Å². The van der Waals surface area contributed by atoms with Crippen molar-refractivity contribution in [1.82, 2.24) is 4.90 Å². The van der Waals surface area contributed by atoms with Crippen LogP contribution in [0.3, 0.4) is 0 Å². The minimum Gasteiger partial charge on any atom is -0.300 e. The van der Waals surface area contributed by atoms with E-state index in [2.05, 4.69) is 0 Å². The summed E-state index contributed by atoms with van der Waals surface area (Å²) in [5.41, 5.74) is -3.93. The standard InChI is InChI=1S/C12H15N3O6/c1-8(16)5-9-11(14(18)19)4-3-10(17)12(9,15(20)21)7-13(2)6-11/h3-4,9H,5-7H2,1-2H3/t9-,11+,12-/m1/s1. The number of Topliss-reactive ketones (excluding diaryl/α,β-unsaturated/α-hetero) is 1.